The van der Waals surface area contributed by atoms with Crippen molar-refractivity contribution in [1.29, 1.82) is 0 Å². The van der Waals surface area contributed by atoms with Gasteiger partial charge in [-0.25, -0.2) is 0 Å². The summed E-state index contributed by atoms with van der Waals surface area (Å²) in [6.07, 6.45) is 1.60. The molecule has 0 aliphatic rings. The number of carbonyl (C=O) groups excluding carboxylic acids is 2. The van der Waals surface area contributed by atoms with Gasteiger partial charge in [-0.1, -0.05) is 48.0 Å². The van der Waals surface area contributed by atoms with Crippen molar-refractivity contribution in [2.45, 2.75) is 5.75 Å². The quantitative estimate of drug-likeness (QED) is 0.683. The smallest absolute Gasteiger partial charge is 0.253 e. The minimum absolute atomic E-state index is 0.166. The van der Waals surface area contributed by atoms with E-state index in [9.17, 15) is 9.59 Å². The molecule has 2 N–H and O–H groups in total. The van der Waals surface area contributed by atoms with Crippen molar-refractivity contribution in [1.82, 2.24) is 5.32 Å². The van der Waals surface area contributed by atoms with E-state index < -0.39 is 0 Å². The summed E-state index contributed by atoms with van der Waals surface area (Å²) in [5, 5.41) is 6.19. The maximum absolute atomic E-state index is 12.2. The Hall–Kier alpha value is -2.24. The molecule has 0 aromatic heterocycles. The van der Waals surface area contributed by atoms with E-state index in [2.05, 4.69) is 17.2 Å². The number of nitrogens with one attached hydrogen (secondary N) is 2. The van der Waals surface area contributed by atoms with Crippen LogP contribution in [0.5, 0.6) is 0 Å². The monoisotopic (exact) mass is 374 g/mol. The first-order valence-electron chi connectivity index (χ1n) is 7.71. The van der Waals surface area contributed by atoms with Crippen molar-refractivity contribution in [3.8, 4) is 0 Å². The molecular formula is C19H19ClN2O2S. The maximum Gasteiger partial charge on any atom is 0.253 e. The van der Waals surface area contributed by atoms with Crippen LogP contribution in [0.4, 0.5) is 5.69 Å². The number of carbonyl (C=O) groups is 2. The highest BCUT2D eigenvalue weighted by Gasteiger charge is 2.12. The fourth-order valence-electron chi connectivity index (χ4n) is 2.11. The van der Waals surface area contributed by atoms with E-state index in [0.29, 0.717) is 28.6 Å². The molecule has 0 unspecified atom stereocenters. The Kier molecular flexibility index (Phi) is 7.57. The summed E-state index contributed by atoms with van der Waals surface area (Å²) in [6, 6.07) is 14.5. The molecule has 0 saturated carbocycles. The molecule has 0 bridgehead atoms. The number of rotatable bonds is 8. The van der Waals surface area contributed by atoms with Gasteiger partial charge in [-0.3, -0.25) is 9.59 Å². The first kappa shape index (κ1) is 19.1. The van der Waals surface area contributed by atoms with Gasteiger partial charge in [-0.05, 0) is 23.8 Å². The molecule has 0 atom stereocenters. The standard InChI is InChI=1S/C19H19ClN2O2S/c1-2-11-21-19(24)15-8-4-6-10-17(15)22-18(23)13-25-12-14-7-3-5-9-16(14)20/h2-10H,1,11-13H2,(H,21,24)(H,22,23). The molecule has 4 nitrogen and oxygen atoms in total. The summed E-state index contributed by atoms with van der Waals surface area (Å²) in [7, 11) is 0. The second-order valence-corrected chi connectivity index (χ2v) is 6.57. The van der Waals surface area contributed by atoms with Crippen molar-refractivity contribution >= 4 is 40.9 Å². The molecule has 0 radical (unpaired) electrons. The van der Waals surface area contributed by atoms with Crippen LogP contribution in [-0.4, -0.2) is 24.1 Å². The van der Waals surface area contributed by atoms with E-state index in [0.717, 1.165) is 5.56 Å². The van der Waals surface area contributed by atoms with Crippen LogP contribution in [0.15, 0.2) is 61.2 Å². The minimum Gasteiger partial charge on any atom is -0.349 e. The molecule has 0 fully saturated rings. The minimum atomic E-state index is -0.250. The van der Waals surface area contributed by atoms with Gasteiger partial charge < -0.3 is 10.6 Å². The van der Waals surface area contributed by atoms with Gasteiger partial charge in [0, 0.05) is 17.3 Å². The number of amides is 2. The van der Waals surface area contributed by atoms with Crippen molar-refractivity contribution in [2.24, 2.45) is 0 Å². The van der Waals surface area contributed by atoms with Gasteiger partial charge in [0.1, 0.15) is 0 Å². The molecule has 25 heavy (non-hydrogen) atoms. The Morgan fingerprint density at radius 1 is 1.12 bits per heavy atom. The largest absolute Gasteiger partial charge is 0.349 e. The number of thioether (sulfide) groups is 1. The summed E-state index contributed by atoms with van der Waals surface area (Å²) < 4.78 is 0. The molecule has 0 aliphatic heterocycles. The molecule has 0 saturated heterocycles. The summed E-state index contributed by atoms with van der Waals surface area (Å²) >= 11 is 7.57. The molecule has 0 heterocycles. The first-order valence-corrected chi connectivity index (χ1v) is 9.24. The Morgan fingerprint density at radius 3 is 2.60 bits per heavy atom. The van der Waals surface area contributed by atoms with E-state index in [1.807, 2.05) is 24.3 Å². The van der Waals surface area contributed by atoms with E-state index in [-0.39, 0.29) is 17.6 Å². The van der Waals surface area contributed by atoms with Crippen LogP contribution in [0.1, 0.15) is 15.9 Å². The fourth-order valence-corrected chi connectivity index (χ4v) is 3.22. The van der Waals surface area contributed by atoms with E-state index in [4.69, 9.17) is 11.6 Å². The number of hydrogen-bond donors (Lipinski definition) is 2. The van der Waals surface area contributed by atoms with Gasteiger partial charge in [0.05, 0.1) is 17.0 Å². The SMILES string of the molecule is C=CCNC(=O)c1ccccc1NC(=O)CSCc1ccccc1Cl. The lowest BCUT2D eigenvalue weighted by atomic mass is 10.1. The van der Waals surface area contributed by atoms with Crippen molar-refractivity contribution in [3.05, 3.63) is 77.3 Å². The van der Waals surface area contributed by atoms with Gasteiger partial charge in [-0.15, -0.1) is 18.3 Å². The molecule has 0 aliphatic carbocycles. The highest BCUT2D eigenvalue weighted by atomic mass is 35.5. The lowest BCUT2D eigenvalue weighted by Crippen LogP contribution is -2.25. The average molecular weight is 375 g/mol. The van der Waals surface area contributed by atoms with Crippen molar-refractivity contribution in [3.63, 3.8) is 0 Å². The van der Waals surface area contributed by atoms with Crippen LogP contribution in [0.2, 0.25) is 5.02 Å². The zero-order valence-electron chi connectivity index (χ0n) is 13.6. The van der Waals surface area contributed by atoms with Crippen molar-refractivity contribution < 1.29 is 9.59 Å². The maximum atomic E-state index is 12.2. The second-order valence-electron chi connectivity index (χ2n) is 5.18. The average Bonchev–Trinajstić information content (AvgIpc) is 2.62. The predicted molar refractivity (Wildman–Crippen MR) is 105 cm³/mol. The van der Waals surface area contributed by atoms with Crippen LogP contribution >= 0.6 is 23.4 Å². The van der Waals surface area contributed by atoms with Crippen LogP contribution in [-0.2, 0) is 10.5 Å². The number of halogens is 1. The van der Waals surface area contributed by atoms with Gasteiger partial charge in [0.15, 0.2) is 0 Å². The first-order chi connectivity index (χ1) is 12.1. The number of hydrogen-bond acceptors (Lipinski definition) is 3. The predicted octanol–water partition coefficient (Wildman–Crippen LogP) is 4.13. The summed E-state index contributed by atoms with van der Waals surface area (Å²) in [6.45, 7) is 3.94. The van der Waals surface area contributed by atoms with Gasteiger partial charge in [0.25, 0.3) is 5.91 Å². The lowest BCUT2D eigenvalue weighted by Gasteiger charge is -2.11. The van der Waals surface area contributed by atoms with Crippen molar-refractivity contribution in [2.75, 3.05) is 17.6 Å². The Bertz CT molecular complexity index is 765. The number of anilines is 1. The number of para-hydroxylation sites is 1. The Labute approximate surface area is 156 Å². The summed E-state index contributed by atoms with van der Waals surface area (Å²) in [5.74, 6) is 0.503. The highest BCUT2D eigenvalue weighted by molar-refractivity contribution is 7.99. The summed E-state index contributed by atoms with van der Waals surface area (Å²) in [5.41, 5.74) is 1.91. The second kappa shape index (κ2) is 9.91. The number of benzene rings is 2. The third kappa shape index (κ3) is 5.96. The van der Waals surface area contributed by atoms with Gasteiger partial charge >= 0.3 is 0 Å². The molecule has 2 rings (SSSR count). The molecule has 6 heteroatoms. The van der Waals surface area contributed by atoms with Crippen LogP contribution < -0.4 is 10.6 Å². The van der Waals surface area contributed by atoms with Crippen LogP contribution in [0.3, 0.4) is 0 Å². The van der Waals surface area contributed by atoms with Gasteiger partial charge in [-0.2, -0.15) is 0 Å². The normalized spacial score (nSPS) is 10.1. The Morgan fingerprint density at radius 2 is 1.84 bits per heavy atom. The highest BCUT2D eigenvalue weighted by Crippen LogP contribution is 2.21. The fraction of sp³-hybridized carbons (Fsp3) is 0.158. The van der Waals surface area contributed by atoms with E-state index in [1.165, 1.54) is 11.8 Å². The molecule has 2 aromatic carbocycles. The third-order valence-corrected chi connectivity index (χ3v) is 4.65. The summed E-state index contributed by atoms with van der Waals surface area (Å²) in [4.78, 5) is 24.3. The molecule has 130 valence electrons. The third-order valence-electron chi connectivity index (χ3n) is 3.30. The molecular weight excluding hydrogens is 356 g/mol. The van der Waals surface area contributed by atoms with E-state index in [1.54, 1.807) is 30.3 Å². The zero-order valence-corrected chi connectivity index (χ0v) is 15.2. The van der Waals surface area contributed by atoms with Crippen LogP contribution in [0.25, 0.3) is 0 Å². The van der Waals surface area contributed by atoms with Gasteiger partial charge in [0.2, 0.25) is 5.91 Å². The molecule has 0 spiro atoms. The zero-order chi connectivity index (χ0) is 18.1. The molecule has 2 amide bonds. The lowest BCUT2D eigenvalue weighted by molar-refractivity contribution is -0.113. The van der Waals surface area contributed by atoms with E-state index >= 15 is 0 Å². The topological polar surface area (TPSA) is 58.2 Å². The molecule has 2 aromatic rings. The van der Waals surface area contributed by atoms with Crippen LogP contribution in [0, 0.1) is 0 Å². The Balaban J connectivity index is 1.91.